The fourth-order valence-electron chi connectivity index (χ4n) is 1.69. The van der Waals surface area contributed by atoms with Gasteiger partial charge in [0.1, 0.15) is 11.5 Å². The van der Waals surface area contributed by atoms with Crippen LogP contribution in [0.4, 0.5) is 10.1 Å². The molecule has 2 rings (SSSR count). The molecule has 2 aromatic rings. The molecular weight excluding hydrogens is 265 g/mol. The number of hydrogen-bond donors (Lipinski definition) is 2. The van der Waals surface area contributed by atoms with Gasteiger partial charge in [0.05, 0.1) is 6.54 Å². The van der Waals surface area contributed by atoms with Crippen molar-refractivity contribution in [2.24, 2.45) is 0 Å². The molecule has 2 N–H and O–H groups in total. The minimum Gasteiger partial charge on any atom is -0.477 e. The highest BCUT2D eigenvalue weighted by Gasteiger charge is 2.11. The van der Waals surface area contributed by atoms with Gasteiger partial charge in [0.15, 0.2) is 0 Å². The first-order chi connectivity index (χ1) is 9.56. The largest absolute Gasteiger partial charge is 0.477 e. The van der Waals surface area contributed by atoms with Crippen LogP contribution in [0.25, 0.3) is 0 Å². The second kappa shape index (κ2) is 5.96. The lowest BCUT2D eigenvalue weighted by Crippen LogP contribution is -2.17. The van der Waals surface area contributed by atoms with Gasteiger partial charge >= 0.3 is 5.97 Å². The van der Waals surface area contributed by atoms with Crippen LogP contribution < -0.4 is 5.32 Å². The summed E-state index contributed by atoms with van der Waals surface area (Å²) in [4.78, 5) is 22.5. The molecule has 0 fully saturated rings. The Balaban J connectivity index is 1.92. The summed E-state index contributed by atoms with van der Waals surface area (Å²) in [5, 5.41) is 15.2. The van der Waals surface area contributed by atoms with Gasteiger partial charge in [-0.1, -0.05) is 6.07 Å². The zero-order valence-corrected chi connectivity index (χ0v) is 10.4. The third-order valence-corrected chi connectivity index (χ3v) is 2.59. The lowest BCUT2D eigenvalue weighted by molar-refractivity contribution is -0.116. The number of nitrogens with one attached hydrogen (secondary N) is 1. The molecule has 0 saturated heterocycles. The van der Waals surface area contributed by atoms with Crippen molar-refractivity contribution in [3.05, 3.63) is 48.0 Å². The van der Waals surface area contributed by atoms with E-state index in [4.69, 9.17) is 5.11 Å². The van der Waals surface area contributed by atoms with Crippen molar-refractivity contribution >= 4 is 17.6 Å². The number of nitrogens with zero attached hydrogens (tertiary/aromatic N) is 2. The Bertz CT molecular complexity index is 639. The lowest BCUT2D eigenvalue weighted by atomic mass is 10.3. The number of carbonyl (C=O) groups excluding carboxylic acids is 1. The Morgan fingerprint density at radius 2 is 2.15 bits per heavy atom. The van der Waals surface area contributed by atoms with Crippen LogP contribution in [0.5, 0.6) is 0 Å². The van der Waals surface area contributed by atoms with E-state index in [0.717, 1.165) is 0 Å². The van der Waals surface area contributed by atoms with Gasteiger partial charge in [-0.2, -0.15) is 5.10 Å². The smallest absolute Gasteiger partial charge is 0.354 e. The van der Waals surface area contributed by atoms with Crippen LogP contribution >= 0.6 is 0 Å². The molecule has 1 aromatic carbocycles. The quantitative estimate of drug-likeness (QED) is 0.872. The molecule has 0 radical (unpaired) electrons. The molecule has 6 nitrogen and oxygen atoms in total. The number of benzene rings is 1. The fraction of sp³-hybridized carbons (Fsp3) is 0.154. The summed E-state index contributed by atoms with van der Waals surface area (Å²) in [7, 11) is 0. The SMILES string of the molecule is O=C(CCn1nccc1C(=O)O)Nc1cccc(F)c1. The maximum Gasteiger partial charge on any atom is 0.354 e. The molecule has 104 valence electrons. The first-order valence-corrected chi connectivity index (χ1v) is 5.87. The monoisotopic (exact) mass is 277 g/mol. The van der Waals surface area contributed by atoms with Gasteiger partial charge in [0.25, 0.3) is 0 Å². The van der Waals surface area contributed by atoms with E-state index in [2.05, 4.69) is 10.4 Å². The molecule has 0 aliphatic carbocycles. The van der Waals surface area contributed by atoms with Crippen molar-refractivity contribution < 1.29 is 19.1 Å². The normalized spacial score (nSPS) is 10.2. The third-order valence-electron chi connectivity index (χ3n) is 2.59. The highest BCUT2D eigenvalue weighted by molar-refractivity contribution is 5.90. The molecule has 0 aliphatic rings. The Morgan fingerprint density at radius 1 is 1.35 bits per heavy atom. The van der Waals surface area contributed by atoms with Crippen molar-refractivity contribution in [2.75, 3.05) is 5.32 Å². The van der Waals surface area contributed by atoms with E-state index in [1.807, 2.05) is 0 Å². The fourth-order valence-corrected chi connectivity index (χ4v) is 1.69. The molecule has 0 unspecified atom stereocenters. The number of anilines is 1. The molecule has 20 heavy (non-hydrogen) atoms. The zero-order valence-electron chi connectivity index (χ0n) is 10.4. The molecule has 0 spiro atoms. The minimum absolute atomic E-state index is 0.0172. The number of carbonyl (C=O) groups is 2. The van der Waals surface area contributed by atoms with Gasteiger partial charge in [0.2, 0.25) is 5.91 Å². The maximum atomic E-state index is 12.9. The van der Waals surface area contributed by atoms with Gasteiger partial charge in [0, 0.05) is 18.3 Å². The van der Waals surface area contributed by atoms with Crippen LogP contribution in [0, 0.1) is 5.82 Å². The van der Waals surface area contributed by atoms with Gasteiger partial charge < -0.3 is 10.4 Å². The number of aryl methyl sites for hydroxylation is 1. The average molecular weight is 277 g/mol. The number of halogens is 1. The van der Waals surface area contributed by atoms with E-state index >= 15 is 0 Å². The third kappa shape index (κ3) is 3.41. The zero-order chi connectivity index (χ0) is 14.5. The van der Waals surface area contributed by atoms with Crippen molar-refractivity contribution in [3.8, 4) is 0 Å². The van der Waals surface area contributed by atoms with Crippen LogP contribution in [-0.4, -0.2) is 26.8 Å². The molecular formula is C13H12FN3O3. The van der Waals surface area contributed by atoms with Gasteiger partial charge in [-0.15, -0.1) is 0 Å². The minimum atomic E-state index is -1.10. The van der Waals surface area contributed by atoms with Crippen LogP contribution in [0.1, 0.15) is 16.9 Å². The first-order valence-electron chi connectivity index (χ1n) is 5.87. The highest BCUT2D eigenvalue weighted by atomic mass is 19.1. The standard InChI is InChI=1S/C13H12FN3O3/c14-9-2-1-3-10(8-9)16-12(18)5-7-17-11(13(19)20)4-6-15-17/h1-4,6,8H,5,7H2,(H,16,18)(H,19,20). The first kappa shape index (κ1) is 13.7. The maximum absolute atomic E-state index is 12.9. The number of hydrogen-bond acceptors (Lipinski definition) is 3. The van der Waals surface area contributed by atoms with Gasteiger partial charge in [-0.25, -0.2) is 9.18 Å². The highest BCUT2D eigenvalue weighted by Crippen LogP contribution is 2.09. The summed E-state index contributed by atoms with van der Waals surface area (Å²) >= 11 is 0. The molecule has 0 aliphatic heterocycles. The number of rotatable bonds is 5. The predicted octanol–water partition coefficient (Wildman–Crippen LogP) is 1.75. The van der Waals surface area contributed by atoms with E-state index in [9.17, 15) is 14.0 Å². The van der Waals surface area contributed by atoms with Crippen molar-refractivity contribution in [1.82, 2.24) is 9.78 Å². The molecule has 0 saturated carbocycles. The molecule has 7 heteroatoms. The number of aromatic carboxylic acids is 1. The average Bonchev–Trinajstić information content (AvgIpc) is 2.85. The summed E-state index contributed by atoms with van der Waals surface area (Å²) < 4.78 is 14.2. The van der Waals surface area contributed by atoms with Crippen molar-refractivity contribution in [1.29, 1.82) is 0 Å². The molecule has 1 aromatic heterocycles. The van der Waals surface area contributed by atoms with Crippen LogP contribution in [0.2, 0.25) is 0 Å². The summed E-state index contributed by atoms with van der Waals surface area (Å²) in [6.07, 6.45) is 1.40. The topological polar surface area (TPSA) is 84.2 Å². The predicted molar refractivity (Wildman–Crippen MR) is 68.8 cm³/mol. The Hall–Kier alpha value is -2.70. The van der Waals surface area contributed by atoms with Crippen molar-refractivity contribution in [3.63, 3.8) is 0 Å². The summed E-state index contributed by atoms with van der Waals surface area (Å²) in [5.41, 5.74) is 0.373. The number of amides is 1. The van der Waals surface area contributed by atoms with Crippen LogP contribution in [0.15, 0.2) is 36.5 Å². The van der Waals surface area contributed by atoms with Gasteiger partial charge in [-0.05, 0) is 24.3 Å². The van der Waals surface area contributed by atoms with Crippen LogP contribution in [0.3, 0.4) is 0 Å². The van der Waals surface area contributed by atoms with E-state index in [0.29, 0.717) is 5.69 Å². The molecule has 1 amide bonds. The molecule has 0 bridgehead atoms. The second-order valence-electron chi connectivity index (χ2n) is 4.05. The Kier molecular flexibility index (Phi) is 4.09. The Morgan fingerprint density at radius 3 is 2.85 bits per heavy atom. The van der Waals surface area contributed by atoms with E-state index in [1.165, 1.54) is 35.1 Å². The van der Waals surface area contributed by atoms with E-state index in [1.54, 1.807) is 6.07 Å². The number of carboxylic acids is 1. The van der Waals surface area contributed by atoms with Crippen molar-refractivity contribution in [2.45, 2.75) is 13.0 Å². The van der Waals surface area contributed by atoms with E-state index < -0.39 is 11.8 Å². The van der Waals surface area contributed by atoms with E-state index in [-0.39, 0.29) is 24.6 Å². The van der Waals surface area contributed by atoms with Gasteiger partial charge in [-0.3, -0.25) is 9.48 Å². The summed E-state index contributed by atoms with van der Waals surface area (Å²) in [6, 6.07) is 6.89. The summed E-state index contributed by atoms with van der Waals surface area (Å²) in [6.45, 7) is 0.135. The van der Waals surface area contributed by atoms with Crippen LogP contribution in [-0.2, 0) is 11.3 Å². The number of aromatic nitrogens is 2. The Labute approximate surface area is 113 Å². The molecule has 0 atom stereocenters. The number of carboxylic acid groups (broad SMARTS) is 1. The summed E-state index contributed by atoms with van der Waals surface area (Å²) in [5.74, 6) is -1.89. The molecule has 1 heterocycles. The second-order valence-corrected chi connectivity index (χ2v) is 4.05. The lowest BCUT2D eigenvalue weighted by Gasteiger charge is -2.06.